The highest BCUT2D eigenvalue weighted by molar-refractivity contribution is 6.37. The summed E-state index contributed by atoms with van der Waals surface area (Å²) >= 11 is 0. The quantitative estimate of drug-likeness (QED) is 0.677. The third-order valence-corrected chi connectivity index (χ3v) is 4.25. The average molecular weight is 314 g/mol. The average Bonchev–Trinajstić information content (AvgIpc) is 2.87. The van der Waals surface area contributed by atoms with Gasteiger partial charge in [0.25, 0.3) is 0 Å². The molecule has 1 aliphatic carbocycles. The number of aliphatic imine (C=N–C) groups is 1. The SMILES string of the molecule is CC(=O)[C@@H]1C(=O)c2ccccc2C1=Nc1ccc2cccnc2c1. The van der Waals surface area contributed by atoms with Gasteiger partial charge in [0.05, 0.1) is 16.9 Å². The van der Waals surface area contributed by atoms with Crippen molar-refractivity contribution in [3.8, 4) is 0 Å². The maximum Gasteiger partial charge on any atom is 0.180 e. The van der Waals surface area contributed by atoms with E-state index in [0.717, 1.165) is 16.5 Å². The molecule has 0 radical (unpaired) electrons. The first kappa shape index (κ1) is 14.5. The Morgan fingerprint density at radius 2 is 1.83 bits per heavy atom. The molecular weight excluding hydrogens is 300 g/mol. The third kappa shape index (κ3) is 2.24. The predicted molar refractivity (Wildman–Crippen MR) is 92.9 cm³/mol. The molecule has 0 N–H and O–H groups in total. The molecule has 0 bridgehead atoms. The van der Waals surface area contributed by atoms with Crippen LogP contribution in [-0.4, -0.2) is 22.3 Å². The van der Waals surface area contributed by atoms with E-state index in [9.17, 15) is 9.59 Å². The Hall–Kier alpha value is -3.14. The highest BCUT2D eigenvalue weighted by Crippen LogP contribution is 2.31. The van der Waals surface area contributed by atoms with E-state index in [1.54, 1.807) is 18.3 Å². The highest BCUT2D eigenvalue weighted by atomic mass is 16.2. The van der Waals surface area contributed by atoms with Gasteiger partial charge < -0.3 is 0 Å². The summed E-state index contributed by atoms with van der Waals surface area (Å²) in [4.78, 5) is 33.5. The molecule has 4 rings (SSSR count). The molecule has 1 atom stereocenters. The number of carbonyl (C=O) groups is 2. The minimum Gasteiger partial charge on any atom is -0.299 e. The van der Waals surface area contributed by atoms with Crippen molar-refractivity contribution < 1.29 is 9.59 Å². The summed E-state index contributed by atoms with van der Waals surface area (Å²) < 4.78 is 0. The minimum atomic E-state index is -0.818. The van der Waals surface area contributed by atoms with Gasteiger partial charge in [0.15, 0.2) is 5.78 Å². The molecule has 24 heavy (non-hydrogen) atoms. The van der Waals surface area contributed by atoms with Crippen molar-refractivity contribution in [3.63, 3.8) is 0 Å². The predicted octanol–water partition coefficient (Wildman–Crippen LogP) is 3.76. The van der Waals surface area contributed by atoms with Crippen molar-refractivity contribution in [3.05, 3.63) is 71.9 Å². The van der Waals surface area contributed by atoms with Gasteiger partial charge in [-0.05, 0) is 25.1 Å². The fourth-order valence-electron chi connectivity index (χ4n) is 3.12. The molecule has 0 spiro atoms. The van der Waals surface area contributed by atoms with Gasteiger partial charge in [-0.25, -0.2) is 0 Å². The first-order valence-corrected chi connectivity index (χ1v) is 7.72. The van der Waals surface area contributed by atoms with Crippen molar-refractivity contribution in [2.24, 2.45) is 10.9 Å². The number of fused-ring (bicyclic) bond motifs is 2. The van der Waals surface area contributed by atoms with Crippen molar-refractivity contribution in [1.82, 2.24) is 4.98 Å². The summed E-state index contributed by atoms with van der Waals surface area (Å²) in [7, 11) is 0. The molecule has 1 aliphatic rings. The van der Waals surface area contributed by atoms with Crippen molar-refractivity contribution >= 4 is 33.9 Å². The van der Waals surface area contributed by atoms with Gasteiger partial charge in [0.2, 0.25) is 0 Å². The Labute approximate surface area is 138 Å². The molecule has 1 heterocycles. The fourth-order valence-corrected chi connectivity index (χ4v) is 3.12. The van der Waals surface area contributed by atoms with Gasteiger partial charge in [-0.15, -0.1) is 0 Å². The molecular formula is C20H14N2O2. The molecule has 4 heteroatoms. The lowest BCUT2D eigenvalue weighted by Crippen LogP contribution is -2.23. The van der Waals surface area contributed by atoms with Gasteiger partial charge in [-0.2, -0.15) is 0 Å². The second kappa shape index (κ2) is 5.49. The van der Waals surface area contributed by atoms with Crippen molar-refractivity contribution in [2.75, 3.05) is 0 Å². The molecule has 3 aromatic rings. The molecule has 4 nitrogen and oxygen atoms in total. The smallest absolute Gasteiger partial charge is 0.180 e. The van der Waals surface area contributed by atoms with Crippen LogP contribution in [0.4, 0.5) is 5.69 Å². The number of Topliss-reactive ketones (excluding diaryl/α,β-unsaturated/α-hetero) is 2. The molecule has 116 valence electrons. The largest absolute Gasteiger partial charge is 0.299 e. The van der Waals surface area contributed by atoms with Crippen LogP contribution >= 0.6 is 0 Å². The van der Waals surface area contributed by atoms with Crippen LogP contribution in [0.3, 0.4) is 0 Å². The van der Waals surface area contributed by atoms with Crippen LogP contribution in [0.25, 0.3) is 10.9 Å². The Kier molecular flexibility index (Phi) is 3.31. The molecule has 1 aromatic heterocycles. The van der Waals surface area contributed by atoms with Crippen molar-refractivity contribution in [2.45, 2.75) is 6.92 Å². The summed E-state index contributed by atoms with van der Waals surface area (Å²) in [5.74, 6) is -1.17. The lowest BCUT2D eigenvalue weighted by atomic mass is 9.99. The Bertz CT molecular complexity index is 1020. The van der Waals surface area contributed by atoms with E-state index in [0.29, 0.717) is 17.0 Å². The topological polar surface area (TPSA) is 59.4 Å². The molecule has 0 unspecified atom stereocenters. The number of hydrogen-bond acceptors (Lipinski definition) is 4. The summed E-state index contributed by atoms with van der Waals surface area (Å²) in [6.07, 6.45) is 1.73. The summed E-state index contributed by atoms with van der Waals surface area (Å²) in [6.45, 7) is 1.44. The lowest BCUT2D eigenvalue weighted by Gasteiger charge is -2.07. The van der Waals surface area contributed by atoms with Crippen LogP contribution in [0.2, 0.25) is 0 Å². The fraction of sp³-hybridized carbons (Fsp3) is 0.100. The zero-order chi connectivity index (χ0) is 16.7. The minimum absolute atomic E-state index is 0.171. The Morgan fingerprint density at radius 3 is 2.62 bits per heavy atom. The Morgan fingerprint density at radius 1 is 1.04 bits per heavy atom. The second-order valence-electron chi connectivity index (χ2n) is 5.83. The van der Waals surface area contributed by atoms with E-state index in [1.807, 2.05) is 42.5 Å². The zero-order valence-electron chi connectivity index (χ0n) is 13.1. The normalized spacial score (nSPS) is 18.1. The highest BCUT2D eigenvalue weighted by Gasteiger charge is 2.39. The van der Waals surface area contributed by atoms with Crippen LogP contribution < -0.4 is 0 Å². The van der Waals surface area contributed by atoms with Crippen LogP contribution in [0.5, 0.6) is 0 Å². The first-order chi connectivity index (χ1) is 11.6. The standard InChI is InChI=1S/C20H14N2O2/c1-12(23)18-19(15-6-2-3-7-16(15)20(18)24)22-14-9-8-13-5-4-10-21-17(13)11-14/h2-11,18H,1H3/t18-/m0/s1. The summed E-state index contributed by atoms with van der Waals surface area (Å²) in [5, 5.41) is 1.02. The van der Waals surface area contributed by atoms with Crippen LogP contribution in [-0.2, 0) is 4.79 Å². The van der Waals surface area contributed by atoms with E-state index in [-0.39, 0.29) is 11.6 Å². The van der Waals surface area contributed by atoms with Gasteiger partial charge in [-0.3, -0.25) is 19.6 Å². The van der Waals surface area contributed by atoms with Gasteiger partial charge in [-0.1, -0.05) is 36.4 Å². The number of nitrogens with zero attached hydrogens (tertiary/aromatic N) is 2. The number of carbonyl (C=O) groups excluding carboxylic acids is 2. The molecule has 0 amide bonds. The van der Waals surface area contributed by atoms with E-state index in [1.165, 1.54) is 6.92 Å². The molecule has 0 aliphatic heterocycles. The number of hydrogen-bond donors (Lipinski definition) is 0. The molecule has 0 saturated carbocycles. The number of aromatic nitrogens is 1. The summed E-state index contributed by atoms with van der Waals surface area (Å²) in [5.41, 5.74) is 3.35. The number of rotatable bonds is 2. The van der Waals surface area contributed by atoms with Gasteiger partial charge in [0.1, 0.15) is 11.7 Å². The number of ketones is 2. The lowest BCUT2D eigenvalue weighted by molar-refractivity contribution is -0.117. The first-order valence-electron chi connectivity index (χ1n) is 7.72. The molecule has 0 saturated heterocycles. The second-order valence-corrected chi connectivity index (χ2v) is 5.83. The van der Waals surface area contributed by atoms with Gasteiger partial charge >= 0.3 is 0 Å². The zero-order valence-corrected chi connectivity index (χ0v) is 13.1. The maximum absolute atomic E-state index is 12.5. The van der Waals surface area contributed by atoms with Crippen molar-refractivity contribution in [1.29, 1.82) is 0 Å². The number of pyridine rings is 1. The monoisotopic (exact) mass is 314 g/mol. The van der Waals surface area contributed by atoms with E-state index >= 15 is 0 Å². The Balaban J connectivity index is 1.89. The van der Waals surface area contributed by atoms with Crippen LogP contribution in [0.1, 0.15) is 22.8 Å². The summed E-state index contributed by atoms with van der Waals surface area (Å²) in [6, 6.07) is 16.8. The van der Waals surface area contributed by atoms with E-state index in [4.69, 9.17) is 0 Å². The van der Waals surface area contributed by atoms with Gasteiger partial charge in [0, 0.05) is 22.7 Å². The molecule has 2 aromatic carbocycles. The van der Waals surface area contributed by atoms with E-state index in [2.05, 4.69) is 9.98 Å². The van der Waals surface area contributed by atoms with Crippen LogP contribution in [0, 0.1) is 5.92 Å². The van der Waals surface area contributed by atoms with E-state index < -0.39 is 5.92 Å². The molecule has 0 fully saturated rings. The van der Waals surface area contributed by atoms with Crippen LogP contribution in [0.15, 0.2) is 65.8 Å². The number of benzene rings is 2. The maximum atomic E-state index is 12.5. The third-order valence-electron chi connectivity index (χ3n) is 4.25.